The smallest absolute Gasteiger partial charge is 0.488 e. The number of Topliss-reactive ketones (excluding diaryl/α,β-unsaturated/α-hetero) is 1. The third kappa shape index (κ3) is 5.54. The van der Waals surface area contributed by atoms with E-state index in [9.17, 15) is 27.5 Å². The molecule has 1 atom stereocenters. The van der Waals surface area contributed by atoms with Crippen molar-refractivity contribution >= 4 is 5.78 Å². The maximum absolute atomic E-state index is 13.9. The molecule has 0 heterocycles. The second-order valence-electron chi connectivity index (χ2n) is 4.97. The average molecular weight is 358 g/mol. The highest BCUT2D eigenvalue weighted by Crippen LogP contribution is 2.23. The standard InChI is InChI=1S/C17H14F4O4/c18-13-10-12(16(23)15(22)11-4-2-1-3-5-11)6-7-14(13)24-8-9-25-17(19,20)21/h1-7,10,15,22H,8-9H2. The quantitative estimate of drug-likeness (QED) is 0.466. The number of carbonyl (C=O) groups is 1. The van der Waals surface area contributed by atoms with Crippen LogP contribution in [0, 0.1) is 5.82 Å². The van der Waals surface area contributed by atoms with Crippen LogP contribution < -0.4 is 4.74 Å². The lowest BCUT2D eigenvalue weighted by Gasteiger charge is -2.12. The Morgan fingerprint density at radius 1 is 1.08 bits per heavy atom. The van der Waals surface area contributed by atoms with Crippen molar-refractivity contribution in [1.29, 1.82) is 0 Å². The van der Waals surface area contributed by atoms with E-state index in [1.165, 1.54) is 6.07 Å². The first kappa shape index (κ1) is 18.9. The molecule has 25 heavy (non-hydrogen) atoms. The van der Waals surface area contributed by atoms with Crippen molar-refractivity contribution in [2.24, 2.45) is 0 Å². The van der Waals surface area contributed by atoms with E-state index in [1.54, 1.807) is 30.3 Å². The fourth-order valence-corrected chi connectivity index (χ4v) is 2.02. The van der Waals surface area contributed by atoms with Gasteiger partial charge in [0, 0.05) is 5.56 Å². The Bertz CT molecular complexity index is 716. The number of aliphatic hydroxyl groups excluding tert-OH is 1. The molecule has 4 nitrogen and oxygen atoms in total. The summed E-state index contributed by atoms with van der Waals surface area (Å²) in [6.07, 6.45) is -6.24. The Morgan fingerprint density at radius 2 is 1.76 bits per heavy atom. The van der Waals surface area contributed by atoms with E-state index in [2.05, 4.69) is 4.74 Å². The van der Waals surface area contributed by atoms with Crippen molar-refractivity contribution in [3.05, 3.63) is 65.5 Å². The van der Waals surface area contributed by atoms with Crippen molar-refractivity contribution in [2.45, 2.75) is 12.5 Å². The molecule has 134 valence electrons. The Kier molecular flexibility index (Phi) is 6.11. The first-order valence-electron chi connectivity index (χ1n) is 7.18. The molecule has 2 rings (SSSR count). The van der Waals surface area contributed by atoms with E-state index in [0.717, 1.165) is 12.1 Å². The Hall–Kier alpha value is -2.45. The molecule has 0 saturated heterocycles. The molecule has 2 aromatic carbocycles. The summed E-state index contributed by atoms with van der Waals surface area (Å²) in [6.45, 7) is -1.31. The van der Waals surface area contributed by atoms with Crippen LogP contribution in [0.1, 0.15) is 22.0 Å². The Labute approximate surface area is 140 Å². The van der Waals surface area contributed by atoms with Crippen LogP contribution in [0.4, 0.5) is 17.6 Å². The van der Waals surface area contributed by atoms with Crippen molar-refractivity contribution in [3.8, 4) is 5.75 Å². The molecule has 1 N–H and O–H groups in total. The van der Waals surface area contributed by atoms with Crippen LogP contribution in [-0.2, 0) is 4.74 Å². The summed E-state index contributed by atoms with van der Waals surface area (Å²) in [7, 11) is 0. The maximum Gasteiger partial charge on any atom is 0.522 e. The topological polar surface area (TPSA) is 55.8 Å². The molecule has 0 aliphatic carbocycles. The SMILES string of the molecule is O=C(c1ccc(OCCOC(F)(F)F)c(F)c1)C(O)c1ccccc1. The number of halogens is 4. The van der Waals surface area contributed by atoms with Crippen LogP contribution in [0.25, 0.3) is 0 Å². The number of hydrogen-bond acceptors (Lipinski definition) is 4. The molecule has 0 aliphatic heterocycles. The van der Waals surface area contributed by atoms with Crippen LogP contribution >= 0.6 is 0 Å². The fraction of sp³-hybridized carbons (Fsp3) is 0.235. The fourth-order valence-electron chi connectivity index (χ4n) is 2.02. The molecule has 0 aliphatic rings. The minimum Gasteiger partial charge on any atom is -0.488 e. The molecule has 0 radical (unpaired) electrons. The van der Waals surface area contributed by atoms with E-state index < -0.39 is 37.3 Å². The molecule has 0 bridgehead atoms. The van der Waals surface area contributed by atoms with Gasteiger partial charge in [-0.1, -0.05) is 30.3 Å². The highest BCUT2D eigenvalue weighted by Gasteiger charge is 2.28. The number of ketones is 1. The minimum absolute atomic E-state index is 0.0901. The first-order valence-corrected chi connectivity index (χ1v) is 7.18. The summed E-state index contributed by atoms with van der Waals surface area (Å²) in [6, 6.07) is 11.3. The average Bonchev–Trinajstić information content (AvgIpc) is 2.58. The zero-order valence-electron chi connectivity index (χ0n) is 12.8. The van der Waals surface area contributed by atoms with Crippen LogP contribution in [-0.4, -0.2) is 30.5 Å². The van der Waals surface area contributed by atoms with Gasteiger partial charge in [0.05, 0.1) is 6.61 Å². The molecule has 0 amide bonds. The summed E-state index contributed by atoms with van der Waals surface area (Å²) in [5.74, 6) is -1.97. The first-order chi connectivity index (χ1) is 11.8. The monoisotopic (exact) mass is 358 g/mol. The van der Waals surface area contributed by atoms with Gasteiger partial charge in [-0.15, -0.1) is 13.2 Å². The van der Waals surface area contributed by atoms with E-state index in [-0.39, 0.29) is 11.3 Å². The van der Waals surface area contributed by atoms with Crippen molar-refractivity contribution < 1.29 is 36.9 Å². The van der Waals surface area contributed by atoms with Crippen molar-refractivity contribution in [1.82, 2.24) is 0 Å². The predicted molar refractivity (Wildman–Crippen MR) is 79.6 cm³/mol. The van der Waals surface area contributed by atoms with Crippen molar-refractivity contribution in [2.75, 3.05) is 13.2 Å². The molecule has 2 aromatic rings. The minimum atomic E-state index is -4.79. The Balaban J connectivity index is 2.00. The second kappa shape index (κ2) is 8.09. The summed E-state index contributed by atoms with van der Waals surface area (Å²) in [5, 5.41) is 10.0. The summed E-state index contributed by atoms with van der Waals surface area (Å²) in [4.78, 5) is 12.2. The van der Waals surface area contributed by atoms with Gasteiger partial charge in [0.1, 0.15) is 12.7 Å². The molecule has 0 aromatic heterocycles. The molecule has 1 unspecified atom stereocenters. The molecule has 0 fully saturated rings. The van der Waals surface area contributed by atoms with E-state index in [4.69, 9.17) is 4.74 Å². The van der Waals surface area contributed by atoms with Gasteiger partial charge in [0.2, 0.25) is 0 Å². The van der Waals surface area contributed by atoms with Gasteiger partial charge < -0.3 is 9.84 Å². The van der Waals surface area contributed by atoms with Gasteiger partial charge in [-0.2, -0.15) is 0 Å². The number of ether oxygens (including phenoxy) is 2. The molecule has 0 spiro atoms. The molecular formula is C17H14F4O4. The number of aliphatic hydroxyl groups is 1. The van der Waals surface area contributed by atoms with Crippen molar-refractivity contribution in [3.63, 3.8) is 0 Å². The Morgan fingerprint density at radius 3 is 2.36 bits per heavy atom. The largest absolute Gasteiger partial charge is 0.522 e. The number of alkyl halides is 3. The lowest BCUT2D eigenvalue weighted by Crippen LogP contribution is -2.18. The van der Waals surface area contributed by atoms with Gasteiger partial charge in [-0.05, 0) is 23.8 Å². The lowest BCUT2D eigenvalue weighted by molar-refractivity contribution is -0.325. The number of benzene rings is 2. The second-order valence-corrected chi connectivity index (χ2v) is 4.97. The van der Waals surface area contributed by atoms with E-state index in [1.807, 2.05) is 0 Å². The van der Waals surface area contributed by atoms with Gasteiger partial charge in [-0.3, -0.25) is 9.53 Å². The molecular weight excluding hydrogens is 344 g/mol. The summed E-state index contributed by atoms with van der Waals surface area (Å²) >= 11 is 0. The van der Waals surface area contributed by atoms with Gasteiger partial charge in [0.15, 0.2) is 17.3 Å². The zero-order valence-corrected chi connectivity index (χ0v) is 12.8. The van der Waals surface area contributed by atoms with Gasteiger partial charge in [0.25, 0.3) is 0 Å². The van der Waals surface area contributed by atoms with Gasteiger partial charge in [-0.25, -0.2) is 4.39 Å². The molecule has 8 heteroatoms. The third-order valence-electron chi connectivity index (χ3n) is 3.19. The lowest BCUT2D eigenvalue weighted by atomic mass is 10.00. The number of rotatable bonds is 7. The highest BCUT2D eigenvalue weighted by atomic mass is 19.4. The predicted octanol–water partition coefficient (Wildman–Crippen LogP) is 3.66. The molecule has 0 saturated carbocycles. The number of carbonyl (C=O) groups excluding carboxylic acids is 1. The highest BCUT2D eigenvalue weighted by molar-refractivity contribution is 6.00. The van der Waals surface area contributed by atoms with Crippen LogP contribution in [0.3, 0.4) is 0 Å². The van der Waals surface area contributed by atoms with E-state index >= 15 is 0 Å². The van der Waals surface area contributed by atoms with Crippen LogP contribution in [0.15, 0.2) is 48.5 Å². The van der Waals surface area contributed by atoms with Gasteiger partial charge >= 0.3 is 6.36 Å². The third-order valence-corrected chi connectivity index (χ3v) is 3.19. The normalized spacial score (nSPS) is 12.7. The summed E-state index contributed by atoms with van der Waals surface area (Å²) in [5.41, 5.74) is 0.269. The zero-order chi connectivity index (χ0) is 18.4. The van der Waals surface area contributed by atoms with Crippen LogP contribution in [0.5, 0.6) is 5.75 Å². The van der Waals surface area contributed by atoms with Crippen LogP contribution in [0.2, 0.25) is 0 Å². The maximum atomic E-state index is 13.9. The van der Waals surface area contributed by atoms with E-state index in [0.29, 0.717) is 5.56 Å². The number of hydrogen-bond donors (Lipinski definition) is 1. The summed E-state index contributed by atoms with van der Waals surface area (Å²) < 4.78 is 57.7.